The van der Waals surface area contributed by atoms with E-state index in [0.717, 1.165) is 6.07 Å². The molecule has 0 bridgehead atoms. The third-order valence-electron chi connectivity index (χ3n) is 4.46. The van der Waals surface area contributed by atoms with E-state index in [0.29, 0.717) is 17.6 Å². The van der Waals surface area contributed by atoms with Gasteiger partial charge in [-0.15, -0.1) is 0 Å². The second-order valence-corrected chi connectivity index (χ2v) is 7.62. The third-order valence-corrected chi connectivity index (χ3v) is 5.08. The van der Waals surface area contributed by atoms with Crippen LogP contribution in [0, 0.1) is 0 Å². The highest BCUT2D eigenvalue weighted by Crippen LogP contribution is 2.40. The summed E-state index contributed by atoms with van der Waals surface area (Å²) in [6, 6.07) is 8.04. The average Bonchev–Trinajstić information content (AvgIpc) is 2.80. The normalized spacial score (nSPS) is 10.9. The maximum absolute atomic E-state index is 13.2. The number of carbonyl (C=O) groups is 2. The Labute approximate surface area is 207 Å². The maximum atomic E-state index is 13.2. The molecular formula is C22H17Cl2F3N4O4. The SMILES string of the molecule is CNC(=O)c1cc(Oc2ccc(NC(=O)Nc3cc(C(F)(F)F)c(Cl)cc3OC)c(Cl)c2)ccn1. The number of halogens is 5. The number of anilines is 2. The molecule has 0 fully saturated rings. The Kier molecular flexibility index (Phi) is 7.92. The lowest BCUT2D eigenvalue weighted by atomic mass is 10.1. The zero-order valence-corrected chi connectivity index (χ0v) is 19.6. The van der Waals surface area contributed by atoms with E-state index in [9.17, 15) is 22.8 Å². The molecule has 0 saturated carbocycles. The summed E-state index contributed by atoms with van der Waals surface area (Å²) < 4.78 is 50.2. The number of hydrogen-bond acceptors (Lipinski definition) is 5. The highest BCUT2D eigenvalue weighted by atomic mass is 35.5. The molecule has 0 aliphatic rings. The van der Waals surface area contributed by atoms with Gasteiger partial charge in [0.05, 0.1) is 34.1 Å². The van der Waals surface area contributed by atoms with Crippen molar-refractivity contribution in [3.8, 4) is 17.2 Å². The van der Waals surface area contributed by atoms with E-state index in [1.165, 1.54) is 50.7 Å². The number of aromatic nitrogens is 1. The Morgan fingerprint density at radius 2 is 1.63 bits per heavy atom. The number of urea groups is 1. The summed E-state index contributed by atoms with van der Waals surface area (Å²) in [4.78, 5) is 28.1. The molecule has 3 rings (SSSR count). The molecule has 0 radical (unpaired) electrons. The van der Waals surface area contributed by atoms with Crippen LogP contribution in [0.25, 0.3) is 0 Å². The smallest absolute Gasteiger partial charge is 0.417 e. The summed E-state index contributed by atoms with van der Waals surface area (Å²) in [7, 11) is 2.69. The second kappa shape index (κ2) is 10.7. The third kappa shape index (κ3) is 6.46. The van der Waals surface area contributed by atoms with Crippen LogP contribution in [-0.4, -0.2) is 31.1 Å². The van der Waals surface area contributed by atoms with Crippen LogP contribution >= 0.6 is 23.2 Å². The minimum Gasteiger partial charge on any atom is -0.495 e. The van der Waals surface area contributed by atoms with Gasteiger partial charge in [-0.25, -0.2) is 4.79 Å². The predicted molar refractivity (Wildman–Crippen MR) is 125 cm³/mol. The Balaban J connectivity index is 1.74. The molecule has 0 aliphatic heterocycles. The van der Waals surface area contributed by atoms with Crippen LogP contribution in [0.4, 0.5) is 29.3 Å². The summed E-state index contributed by atoms with van der Waals surface area (Å²) in [5.41, 5.74) is -1.08. The molecule has 13 heteroatoms. The summed E-state index contributed by atoms with van der Waals surface area (Å²) in [5, 5.41) is 6.68. The second-order valence-electron chi connectivity index (χ2n) is 6.81. The fraction of sp³-hybridized carbons (Fsp3) is 0.136. The van der Waals surface area contributed by atoms with Gasteiger partial charge in [0.25, 0.3) is 5.91 Å². The first kappa shape index (κ1) is 25.9. The van der Waals surface area contributed by atoms with Gasteiger partial charge in [0, 0.05) is 31.4 Å². The largest absolute Gasteiger partial charge is 0.495 e. The molecule has 184 valence electrons. The van der Waals surface area contributed by atoms with Gasteiger partial charge in [-0.3, -0.25) is 9.78 Å². The Hall–Kier alpha value is -3.70. The zero-order valence-electron chi connectivity index (χ0n) is 18.1. The van der Waals surface area contributed by atoms with Gasteiger partial charge in [0.15, 0.2) is 0 Å². The van der Waals surface area contributed by atoms with Crippen molar-refractivity contribution in [3.63, 3.8) is 0 Å². The Morgan fingerprint density at radius 1 is 0.943 bits per heavy atom. The fourth-order valence-corrected chi connectivity index (χ4v) is 3.32. The van der Waals surface area contributed by atoms with Gasteiger partial charge >= 0.3 is 12.2 Å². The summed E-state index contributed by atoms with van der Waals surface area (Å²) in [6.07, 6.45) is -3.33. The van der Waals surface area contributed by atoms with Gasteiger partial charge in [0.2, 0.25) is 0 Å². The van der Waals surface area contributed by atoms with Gasteiger partial charge in [-0.05, 0) is 24.3 Å². The number of hydrogen-bond donors (Lipinski definition) is 3. The highest BCUT2D eigenvalue weighted by Gasteiger charge is 2.34. The molecule has 3 N–H and O–H groups in total. The fourth-order valence-electron chi connectivity index (χ4n) is 2.84. The first-order chi connectivity index (χ1) is 16.5. The lowest BCUT2D eigenvalue weighted by molar-refractivity contribution is -0.137. The highest BCUT2D eigenvalue weighted by molar-refractivity contribution is 6.34. The van der Waals surface area contributed by atoms with Crippen molar-refractivity contribution in [1.29, 1.82) is 0 Å². The monoisotopic (exact) mass is 528 g/mol. The van der Waals surface area contributed by atoms with Crippen molar-refractivity contribution >= 4 is 46.5 Å². The van der Waals surface area contributed by atoms with Crippen LogP contribution in [0.5, 0.6) is 17.2 Å². The van der Waals surface area contributed by atoms with Gasteiger partial charge in [-0.2, -0.15) is 13.2 Å². The minimum atomic E-state index is -4.73. The topological polar surface area (TPSA) is 102 Å². The lowest BCUT2D eigenvalue weighted by Crippen LogP contribution is -2.20. The predicted octanol–water partition coefficient (Wildman–Crippen LogP) is 6.21. The van der Waals surface area contributed by atoms with E-state index in [4.69, 9.17) is 32.7 Å². The first-order valence-corrected chi connectivity index (χ1v) is 10.5. The van der Waals surface area contributed by atoms with E-state index in [1.54, 1.807) is 0 Å². The number of carbonyl (C=O) groups excluding carboxylic acids is 2. The molecule has 1 aromatic heterocycles. The van der Waals surface area contributed by atoms with Crippen molar-refractivity contribution in [2.24, 2.45) is 0 Å². The molecule has 35 heavy (non-hydrogen) atoms. The minimum absolute atomic E-state index is 0.0681. The van der Waals surface area contributed by atoms with E-state index in [-0.39, 0.29) is 27.8 Å². The van der Waals surface area contributed by atoms with Crippen molar-refractivity contribution in [2.75, 3.05) is 24.8 Å². The standard InChI is InChI=1S/C22H17Cl2F3N4O4/c1-28-20(32)18-8-12(5-6-29-18)35-11-3-4-16(15(24)7-11)30-21(33)31-17-9-13(22(25,26)27)14(23)10-19(17)34-2/h3-10H,1-2H3,(H,28,32)(H2,30,31,33). The number of amides is 3. The quantitative estimate of drug-likeness (QED) is 0.353. The zero-order chi connectivity index (χ0) is 25.8. The van der Waals surface area contributed by atoms with E-state index in [2.05, 4.69) is 20.9 Å². The van der Waals surface area contributed by atoms with Crippen molar-refractivity contribution < 1.29 is 32.2 Å². The molecule has 0 saturated heterocycles. The van der Waals surface area contributed by atoms with E-state index < -0.39 is 28.7 Å². The number of benzene rings is 2. The van der Waals surface area contributed by atoms with Crippen molar-refractivity contribution in [3.05, 3.63) is 70.0 Å². The van der Waals surface area contributed by atoms with Crippen LogP contribution in [-0.2, 0) is 6.18 Å². The number of pyridine rings is 1. The number of alkyl halides is 3. The molecule has 2 aromatic carbocycles. The molecule has 0 aliphatic carbocycles. The van der Waals surface area contributed by atoms with E-state index in [1.807, 2.05) is 0 Å². The lowest BCUT2D eigenvalue weighted by Gasteiger charge is -2.16. The van der Waals surface area contributed by atoms with Crippen LogP contribution in [0.2, 0.25) is 10.0 Å². The summed E-state index contributed by atoms with van der Waals surface area (Å²) in [6.45, 7) is 0. The number of rotatable bonds is 6. The number of methoxy groups -OCH3 is 1. The number of nitrogens with one attached hydrogen (secondary N) is 3. The summed E-state index contributed by atoms with van der Waals surface area (Å²) in [5.74, 6) is 0.160. The Bertz CT molecular complexity index is 1270. The molecule has 0 spiro atoms. The first-order valence-electron chi connectivity index (χ1n) is 9.70. The molecular weight excluding hydrogens is 512 g/mol. The average molecular weight is 529 g/mol. The van der Waals surface area contributed by atoms with Crippen LogP contribution in [0.1, 0.15) is 16.1 Å². The van der Waals surface area contributed by atoms with Gasteiger partial charge < -0.3 is 25.4 Å². The maximum Gasteiger partial charge on any atom is 0.417 e. The number of ether oxygens (including phenoxy) is 2. The van der Waals surface area contributed by atoms with Crippen LogP contribution in [0.15, 0.2) is 48.7 Å². The van der Waals surface area contributed by atoms with Crippen molar-refractivity contribution in [2.45, 2.75) is 6.18 Å². The molecule has 3 amide bonds. The number of nitrogens with zero attached hydrogens (tertiary/aromatic N) is 1. The van der Waals surface area contributed by atoms with Gasteiger partial charge in [-0.1, -0.05) is 23.2 Å². The van der Waals surface area contributed by atoms with Gasteiger partial charge in [0.1, 0.15) is 22.9 Å². The van der Waals surface area contributed by atoms with E-state index >= 15 is 0 Å². The van der Waals surface area contributed by atoms with Crippen LogP contribution in [0.3, 0.4) is 0 Å². The Morgan fingerprint density at radius 3 is 2.26 bits per heavy atom. The molecule has 1 heterocycles. The van der Waals surface area contributed by atoms with Crippen LogP contribution < -0.4 is 25.4 Å². The molecule has 8 nitrogen and oxygen atoms in total. The summed E-state index contributed by atoms with van der Waals surface area (Å²) >= 11 is 11.9. The molecule has 0 atom stereocenters. The molecule has 0 unspecified atom stereocenters. The van der Waals surface area contributed by atoms with Crippen molar-refractivity contribution in [1.82, 2.24) is 10.3 Å². The molecule has 3 aromatic rings.